The van der Waals surface area contributed by atoms with Crippen LogP contribution in [0.3, 0.4) is 0 Å². The van der Waals surface area contributed by atoms with Crippen molar-refractivity contribution in [1.82, 2.24) is 24.6 Å². The highest BCUT2D eigenvalue weighted by Crippen LogP contribution is 2.45. The monoisotopic (exact) mass is 519 g/mol. The zero-order chi connectivity index (χ0) is 26.0. The number of carbonyl (C=O) groups is 1. The molecule has 8 nitrogen and oxygen atoms in total. The number of pyridine rings is 1. The Morgan fingerprint density at radius 1 is 1.14 bits per heavy atom. The second-order valence-electron chi connectivity index (χ2n) is 11.6. The SMILES string of the molecule is CC(=O)NC1CCCC2(CCN(c3cc(Nc4cc(C(C)(C)C)sn4)nc(-c4cccnc4)n3)CC2)C1. The molecule has 2 fully saturated rings. The van der Waals surface area contributed by atoms with Crippen molar-refractivity contribution in [3.63, 3.8) is 0 Å². The molecule has 1 aliphatic carbocycles. The molecule has 37 heavy (non-hydrogen) atoms. The van der Waals surface area contributed by atoms with E-state index in [1.54, 1.807) is 19.3 Å². The van der Waals surface area contributed by atoms with E-state index in [1.165, 1.54) is 29.3 Å². The van der Waals surface area contributed by atoms with Gasteiger partial charge in [-0.2, -0.15) is 4.37 Å². The number of amides is 1. The second-order valence-corrected chi connectivity index (χ2v) is 12.4. The van der Waals surface area contributed by atoms with Crippen molar-refractivity contribution in [2.75, 3.05) is 23.3 Å². The van der Waals surface area contributed by atoms with Crippen LogP contribution in [-0.4, -0.2) is 44.4 Å². The molecule has 1 saturated carbocycles. The van der Waals surface area contributed by atoms with E-state index < -0.39 is 0 Å². The number of nitrogens with one attached hydrogen (secondary N) is 2. The number of hydrogen-bond acceptors (Lipinski definition) is 8. The maximum absolute atomic E-state index is 11.6. The molecule has 1 spiro atoms. The Labute approximate surface area is 223 Å². The summed E-state index contributed by atoms with van der Waals surface area (Å²) in [6, 6.07) is 8.35. The van der Waals surface area contributed by atoms with Crippen LogP contribution in [0.25, 0.3) is 11.4 Å². The van der Waals surface area contributed by atoms with Crippen LogP contribution in [0.1, 0.15) is 71.1 Å². The molecule has 1 saturated heterocycles. The first-order valence-corrected chi connectivity index (χ1v) is 14.0. The van der Waals surface area contributed by atoms with Crippen LogP contribution >= 0.6 is 11.5 Å². The van der Waals surface area contributed by atoms with Crippen molar-refractivity contribution in [3.05, 3.63) is 41.5 Å². The summed E-state index contributed by atoms with van der Waals surface area (Å²) in [5.74, 6) is 3.20. The summed E-state index contributed by atoms with van der Waals surface area (Å²) in [6.07, 6.45) is 10.4. The zero-order valence-electron chi connectivity index (χ0n) is 22.3. The van der Waals surface area contributed by atoms with Gasteiger partial charge in [0, 0.05) is 55.0 Å². The van der Waals surface area contributed by atoms with Gasteiger partial charge < -0.3 is 15.5 Å². The summed E-state index contributed by atoms with van der Waals surface area (Å²) in [5, 5.41) is 6.60. The fourth-order valence-corrected chi connectivity index (χ4v) is 6.36. The van der Waals surface area contributed by atoms with E-state index in [-0.39, 0.29) is 11.3 Å². The number of hydrogen-bond donors (Lipinski definition) is 2. The average Bonchev–Trinajstić information content (AvgIpc) is 3.34. The maximum atomic E-state index is 11.6. The molecule has 3 aromatic rings. The van der Waals surface area contributed by atoms with E-state index in [0.29, 0.717) is 17.3 Å². The van der Waals surface area contributed by atoms with E-state index in [1.807, 2.05) is 18.2 Å². The number of nitrogens with zero attached hydrogens (tertiary/aromatic N) is 5. The van der Waals surface area contributed by atoms with E-state index in [0.717, 1.165) is 61.8 Å². The predicted octanol–water partition coefficient (Wildman–Crippen LogP) is 5.70. The number of carbonyl (C=O) groups excluding carboxylic acids is 1. The van der Waals surface area contributed by atoms with Crippen molar-refractivity contribution in [2.24, 2.45) is 5.41 Å². The molecular formula is C28H37N7OS. The maximum Gasteiger partial charge on any atom is 0.217 e. The molecule has 4 heterocycles. The molecule has 3 aromatic heterocycles. The van der Waals surface area contributed by atoms with Crippen LogP contribution in [0.4, 0.5) is 17.5 Å². The third kappa shape index (κ3) is 6.09. The van der Waals surface area contributed by atoms with Gasteiger partial charge in [0.2, 0.25) is 5.91 Å². The predicted molar refractivity (Wildman–Crippen MR) is 149 cm³/mol. The van der Waals surface area contributed by atoms with Gasteiger partial charge in [-0.15, -0.1) is 0 Å². The van der Waals surface area contributed by atoms with Crippen molar-refractivity contribution >= 4 is 34.9 Å². The summed E-state index contributed by atoms with van der Waals surface area (Å²) in [6.45, 7) is 10.1. The molecule has 2 N–H and O–H groups in total. The van der Waals surface area contributed by atoms with Crippen LogP contribution in [0.5, 0.6) is 0 Å². The molecule has 5 rings (SSSR count). The minimum absolute atomic E-state index is 0.0527. The quantitative estimate of drug-likeness (QED) is 0.446. The molecule has 196 valence electrons. The largest absolute Gasteiger partial charge is 0.356 e. The fourth-order valence-electron chi connectivity index (χ4n) is 5.63. The minimum Gasteiger partial charge on any atom is -0.356 e. The van der Waals surface area contributed by atoms with Crippen LogP contribution in [0.15, 0.2) is 36.7 Å². The van der Waals surface area contributed by atoms with Gasteiger partial charge in [-0.05, 0) is 72.7 Å². The first kappa shape index (κ1) is 25.6. The smallest absolute Gasteiger partial charge is 0.217 e. The third-order valence-electron chi connectivity index (χ3n) is 7.63. The highest BCUT2D eigenvalue weighted by molar-refractivity contribution is 7.06. The Balaban J connectivity index is 1.37. The molecule has 0 radical (unpaired) electrons. The molecular weight excluding hydrogens is 482 g/mol. The van der Waals surface area contributed by atoms with Gasteiger partial charge in [0.15, 0.2) is 5.82 Å². The average molecular weight is 520 g/mol. The second kappa shape index (κ2) is 10.4. The molecule has 0 bridgehead atoms. The van der Waals surface area contributed by atoms with Crippen LogP contribution in [-0.2, 0) is 10.2 Å². The highest BCUT2D eigenvalue weighted by atomic mass is 32.1. The van der Waals surface area contributed by atoms with Crippen molar-refractivity contribution in [2.45, 2.75) is 77.7 Å². The Kier molecular flexibility index (Phi) is 7.16. The minimum atomic E-state index is 0.0527. The van der Waals surface area contributed by atoms with E-state index >= 15 is 0 Å². The molecule has 0 aromatic carbocycles. The van der Waals surface area contributed by atoms with Gasteiger partial charge in [0.1, 0.15) is 17.5 Å². The standard InChI is InChI=1S/C28H37N7OS/c1-19(36)30-21-8-5-9-28(17-21)10-13-35(14-11-28)25-16-23(31-24-15-22(37-34-24)27(2,3)4)32-26(33-25)20-7-6-12-29-18-20/h6-7,12,15-16,18,21H,5,8-11,13-14,17H2,1-4H3,(H,30,36)(H,31,32,33,34). The zero-order valence-corrected chi connectivity index (χ0v) is 23.1. The van der Waals surface area contributed by atoms with Gasteiger partial charge in [-0.25, -0.2) is 9.97 Å². The Bertz CT molecular complexity index is 1230. The molecule has 2 aliphatic rings. The third-order valence-corrected chi connectivity index (χ3v) is 8.85. The number of rotatable bonds is 5. The summed E-state index contributed by atoms with van der Waals surface area (Å²) in [4.78, 5) is 29.3. The molecule has 1 aliphatic heterocycles. The van der Waals surface area contributed by atoms with Gasteiger partial charge in [0.25, 0.3) is 0 Å². The molecule has 1 amide bonds. The summed E-state index contributed by atoms with van der Waals surface area (Å²) in [7, 11) is 0. The van der Waals surface area contributed by atoms with Gasteiger partial charge in [-0.3, -0.25) is 9.78 Å². The van der Waals surface area contributed by atoms with Crippen LogP contribution < -0.4 is 15.5 Å². The van der Waals surface area contributed by atoms with Crippen LogP contribution in [0, 0.1) is 5.41 Å². The van der Waals surface area contributed by atoms with Crippen molar-refractivity contribution in [1.29, 1.82) is 0 Å². The lowest BCUT2D eigenvalue weighted by molar-refractivity contribution is -0.120. The summed E-state index contributed by atoms with van der Waals surface area (Å²) in [5.41, 5.74) is 1.25. The first-order chi connectivity index (χ1) is 17.7. The number of piperidine rings is 1. The molecule has 1 atom stereocenters. The lowest BCUT2D eigenvalue weighted by Gasteiger charge is -2.47. The highest BCUT2D eigenvalue weighted by Gasteiger charge is 2.39. The molecule has 1 unspecified atom stereocenters. The van der Waals surface area contributed by atoms with Crippen molar-refractivity contribution in [3.8, 4) is 11.4 Å². The van der Waals surface area contributed by atoms with Gasteiger partial charge in [0.05, 0.1) is 0 Å². The Morgan fingerprint density at radius 2 is 1.95 bits per heavy atom. The lowest BCUT2D eigenvalue weighted by atomic mass is 9.66. The Morgan fingerprint density at radius 3 is 2.62 bits per heavy atom. The number of aromatic nitrogens is 4. The van der Waals surface area contributed by atoms with E-state index in [9.17, 15) is 4.79 Å². The molecule has 9 heteroatoms. The van der Waals surface area contributed by atoms with Gasteiger partial charge >= 0.3 is 0 Å². The summed E-state index contributed by atoms with van der Waals surface area (Å²) >= 11 is 1.52. The van der Waals surface area contributed by atoms with Crippen molar-refractivity contribution < 1.29 is 4.79 Å². The lowest BCUT2D eigenvalue weighted by Crippen LogP contribution is -2.47. The fraction of sp³-hybridized carbons (Fsp3) is 0.536. The van der Waals surface area contributed by atoms with E-state index in [2.05, 4.69) is 51.7 Å². The van der Waals surface area contributed by atoms with E-state index in [4.69, 9.17) is 9.97 Å². The number of anilines is 3. The normalized spacial score (nSPS) is 19.6. The first-order valence-electron chi connectivity index (χ1n) is 13.2. The van der Waals surface area contributed by atoms with Gasteiger partial charge in [-0.1, -0.05) is 27.2 Å². The van der Waals surface area contributed by atoms with Crippen LogP contribution in [0.2, 0.25) is 0 Å². The topological polar surface area (TPSA) is 95.9 Å². The summed E-state index contributed by atoms with van der Waals surface area (Å²) < 4.78 is 4.62. The Hall–Kier alpha value is -3.07.